The molecule has 0 radical (unpaired) electrons. The van der Waals surface area contributed by atoms with E-state index in [2.05, 4.69) is 11.9 Å². The molecule has 4 heteroatoms. The average Bonchev–Trinajstić information content (AvgIpc) is 2.36. The standard InChI is InChI=1S/C15H24N2O2/c1-17(9-11-6-13(16)7-11)10-12-8-14(18-2)4-5-15(12)19-3/h4-5,8,11,13H,6-7,9-10,16H2,1-3H3. The van der Waals surface area contributed by atoms with Gasteiger partial charge in [-0.05, 0) is 44.0 Å². The molecule has 0 bridgehead atoms. The van der Waals surface area contributed by atoms with Gasteiger partial charge < -0.3 is 20.1 Å². The minimum Gasteiger partial charge on any atom is -0.497 e. The monoisotopic (exact) mass is 264 g/mol. The van der Waals surface area contributed by atoms with E-state index in [0.29, 0.717) is 6.04 Å². The van der Waals surface area contributed by atoms with Crippen molar-refractivity contribution >= 4 is 0 Å². The minimum absolute atomic E-state index is 0.421. The molecule has 2 rings (SSSR count). The van der Waals surface area contributed by atoms with Crippen molar-refractivity contribution in [1.82, 2.24) is 4.90 Å². The summed E-state index contributed by atoms with van der Waals surface area (Å²) in [6, 6.07) is 6.35. The van der Waals surface area contributed by atoms with Crippen LogP contribution in [0.2, 0.25) is 0 Å². The maximum absolute atomic E-state index is 5.83. The van der Waals surface area contributed by atoms with E-state index in [4.69, 9.17) is 15.2 Å². The van der Waals surface area contributed by atoms with Crippen molar-refractivity contribution < 1.29 is 9.47 Å². The number of rotatable bonds is 6. The highest BCUT2D eigenvalue weighted by molar-refractivity contribution is 5.40. The van der Waals surface area contributed by atoms with E-state index in [1.165, 1.54) is 0 Å². The number of ether oxygens (including phenoxy) is 2. The predicted molar refractivity (Wildman–Crippen MR) is 76.6 cm³/mol. The topological polar surface area (TPSA) is 47.7 Å². The Hall–Kier alpha value is -1.26. The molecule has 0 spiro atoms. The normalized spacial score (nSPS) is 22.2. The van der Waals surface area contributed by atoms with Gasteiger partial charge in [0.2, 0.25) is 0 Å². The van der Waals surface area contributed by atoms with E-state index < -0.39 is 0 Å². The van der Waals surface area contributed by atoms with Crippen LogP contribution >= 0.6 is 0 Å². The van der Waals surface area contributed by atoms with Crippen LogP contribution in [0.1, 0.15) is 18.4 Å². The van der Waals surface area contributed by atoms with Gasteiger partial charge in [0.15, 0.2) is 0 Å². The maximum atomic E-state index is 5.83. The van der Waals surface area contributed by atoms with E-state index in [-0.39, 0.29) is 0 Å². The van der Waals surface area contributed by atoms with Crippen molar-refractivity contribution in [2.24, 2.45) is 11.7 Å². The van der Waals surface area contributed by atoms with Crippen molar-refractivity contribution in [2.75, 3.05) is 27.8 Å². The van der Waals surface area contributed by atoms with Gasteiger partial charge in [-0.25, -0.2) is 0 Å². The zero-order chi connectivity index (χ0) is 13.8. The van der Waals surface area contributed by atoms with Gasteiger partial charge in [-0.2, -0.15) is 0 Å². The molecule has 4 nitrogen and oxygen atoms in total. The van der Waals surface area contributed by atoms with Gasteiger partial charge in [-0.15, -0.1) is 0 Å². The number of hydrogen-bond acceptors (Lipinski definition) is 4. The minimum atomic E-state index is 0.421. The Balaban J connectivity index is 1.96. The largest absolute Gasteiger partial charge is 0.497 e. The molecular formula is C15H24N2O2. The van der Waals surface area contributed by atoms with E-state index in [9.17, 15) is 0 Å². The molecule has 0 heterocycles. The fourth-order valence-electron chi connectivity index (χ4n) is 2.74. The third-order valence-electron chi connectivity index (χ3n) is 3.77. The smallest absolute Gasteiger partial charge is 0.123 e. The fraction of sp³-hybridized carbons (Fsp3) is 0.600. The first-order valence-electron chi connectivity index (χ1n) is 6.77. The molecule has 0 amide bonds. The number of benzene rings is 1. The molecule has 0 unspecified atom stereocenters. The Bertz CT molecular complexity index is 417. The quantitative estimate of drug-likeness (QED) is 0.852. The van der Waals surface area contributed by atoms with Gasteiger partial charge in [0.1, 0.15) is 11.5 Å². The summed E-state index contributed by atoms with van der Waals surface area (Å²) in [6.45, 7) is 1.96. The molecule has 1 aromatic rings. The van der Waals surface area contributed by atoms with Crippen LogP contribution in [0.4, 0.5) is 0 Å². The zero-order valence-electron chi connectivity index (χ0n) is 12.1. The average molecular weight is 264 g/mol. The summed E-state index contributed by atoms with van der Waals surface area (Å²) in [5.41, 5.74) is 6.99. The Morgan fingerprint density at radius 3 is 2.58 bits per heavy atom. The summed E-state index contributed by atoms with van der Waals surface area (Å²) in [5, 5.41) is 0. The van der Waals surface area contributed by atoms with E-state index in [1.807, 2.05) is 18.2 Å². The molecule has 1 aliphatic carbocycles. The Labute approximate surface area is 115 Å². The summed E-state index contributed by atoms with van der Waals surface area (Å²) >= 11 is 0. The number of methoxy groups -OCH3 is 2. The van der Waals surface area contributed by atoms with Gasteiger partial charge in [0.05, 0.1) is 14.2 Å². The third-order valence-corrected chi connectivity index (χ3v) is 3.77. The maximum Gasteiger partial charge on any atom is 0.123 e. The van der Waals surface area contributed by atoms with Crippen LogP contribution < -0.4 is 15.2 Å². The summed E-state index contributed by atoms with van der Waals surface area (Å²) < 4.78 is 10.7. The van der Waals surface area contributed by atoms with Crippen molar-refractivity contribution in [3.05, 3.63) is 23.8 Å². The highest BCUT2D eigenvalue weighted by atomic mass is 16.5. The molecule has 0 saturated heterocycles. The summed E-state index contributed by atoms with van der Waals surface area (Å²) in [7, 11) is 5.53. The summed E-state index contributed by atoms with van der Waals surface area (Å²) in [4.78, 5) is 2.33. The summed E-state index contributed by atoms with van der Waals surface area (Å²) in [5.74, 6) is 2.53. The second kappa shape index (κ2) is 6.26. The highest BCUT2D eigenvalue weighted by Crippen LogP contribution is 2.28. The number of nitrogens with zero attached hydrogens (tertiary/aromatic N) is 1. The second-order valence-electron chi connectivity index (χ2n) is 5.47. The first-order valence-corrected chi connectivity index (χ1v) is 6.77. The van der Waals surface area contributed by atoms with Crippen LogP contribution in [0, 0.1) is 5.92 Å². The van der Waals surface area contributed by atoms with Gasteiger partial charge in [0.25, 0.3) is 0 Å². The molecule has 1 fully saturated rings. The Kier molecular flexibility index (Phi) is 4.66. The van der Waals surface area contributed by atoms with Crippen molar-refractivity contribution in [3.8, 4) is 11.5 Å². The van der Waals surface area contributed by atoms with Crippen molar-refractivity contribution in [2.45, 2.75) is 25.4 Å². The Morgan fingerprint density at radius 1 is 1.26 bits per heavy atom. The van der Waals surface area contributed by atoms with Crippen LogP contribution in [-0.4, -0.2) is 38.8 Å². The molecule has 2 N–H and O–H groups in total. The molecule has 0 atom stereocenters. The first kappa shape index (κ1) is 14.2. The number of hydrogen-bond donors (Lipinski definition) is 1. The predicted octanol–water partition coefficient (Wildman–Crippen LogP) is 1.87. The molecular weight excluding hydrogens is 240 g/mol. The molecule has 106 valence electrons. The summed E-state index contributed by atoms with van der Waals surface area (Å²) in [6.07, 6.45) is 2.30. The zero-order valence-corrected chi connectivity index (χ0v) is 12.1. The molecule has 0 aromatic heterocycles. The molecule has 19 heavy (non-hydrogen) atoms. The van der Waals surface area contributed by atoms with Crippen LogP contribution in [0.3, 0.4) is 0 Å². The lowest BCUT2D eigenvalue weighted by molar-refractivity contribution is 0.177. The second-order valence-corrected chi connectivity index (χ2v) is 5.47. The van der Waals surface area contributed by atoms with Crippen LogP contribution in [-0.2, 0) is 6.54 Å². The van der Waals surface area contributed by atoms with Crippen molar-refractivity contribution in [1.29, 1.82) is 0 Å². The van der Waals surface area contributed by atoms with Gasteiger partial charge >= 0.3 is 0 Å². The lowest BCUT2D eigenvalue weighted by atomic mass is 9.80. The SMILES string of the molecule is COc1ccc(OC)c(CN(C)CC2CC(N)C2)c1. The lowest BCUT2D eigenvalue weighted by Crippen LogP contribution is -2.41. The molecule has 1 aromatic carbocycles. The lowest BCUT2D eigenvalue weighted by Gasteiger charge is -2.35. The molecule has 1 saturated carbocycles. The van der Waals surface area contributed by atoms with E-state index >= 15 is 0 Å². The van der Waals surface area contributed by atoms with Gasteiger partial charge in [0, 0.05) is 24.7 Å². The fourth-order valence-corrected chi connectivity index (χ4v) is 2.74. The highest BCUT2D eigenvalue weighted by Gasteiger charge is 2.26. The molecule has 0 aliphatic heterocycles. The van der Waals surface area contributed by atoms with Crippen LogP contribution in [0.15, 0.2) is 18.2 Å². The van der Waals surface area contributed by atoms with Crippen molar-refractivity contribution in [3.63, 3.8) is 0 Å². The Morgan fingerprint density at radius 2 is 2.00 bits per heavy atom. The van der Waals surface area contributed by atoms with E-state index in [1.54, 1.807) is 14.2 Å². The number of nitrogens with two attached hydrogens (primary N) is 1. The van der Waals surface area contributed by atoms with E-state index in [0.717, 1.165) is 48.9 Å². The third kappa shape index (κ3) is 3.61. The molecule has 1 aliphatic rings. The first-order chi connectivity index (χ1) is 9.12. The van der Waals surface area contributed by atoms with Crippen LogP contribution in [0.25, 0.3) is 0 Å². The van der Waals surface area contributed by atoms with Gasteiger partial charge in [-0.3, -0.25) is 0 Å². The van der Waals surface area contributed by atoms with Crippen LogP contribution in [0.5, 0.6) is 11.5 Å². The van der Waals surface area contributed by atoms with Gasteiger partial charge in [-0.1, -0.05) is 0 Å².